The van der Waals surface area contributed by atoms with E-state index in [0.717, 1.165) is 27.9 Å². The Morgan fingerprint density at radius 1 is 1.53 bits per heavy atom. The van der Waals surface area contributed by atoms with E-state index in [1.165, 1.54) is 0 Å². The summed E-state index contributed by atoms with van der Waals surface area (Å²) in [5.41, 5.74) is 7.54. The van der Waals surface area contributed by atoms with E-state index in [1.54, 1.807) is 0 Å². The molecule has 15 heavy (non-hydrogen) atoms. The van der Waals surface area contributed by atoms with Crippen molar-refractivity contribution in [3.05, 3.63) is 28.6 Å². The first-order valence-electron chi connectivity index (χ1n) is 4.99. The van der Waals surface area contributed by atoms with E-state index in [1.807, 2.05) is 18.2 Å². The molecule has 1 aromatic heterocycles. The lowest BCUT2D eigenvalue weighted by molar-refractivity contribution is 0.491. The van der Waals surface area contributed by atoms with Gasteiger partial charge in [0.25, 0.3) is 0 Å². The summed E-state index contributed by atoms with van der Waals surface area (Å²) in [6, 6.07) is 5.92. The summed E-state index contributed by atoms with van der Waals surface area (Å²) in [5, 5.41) is 0. The molecule has 0 spiro atoms. The quantitative estimate of drug-likeness (QED) is 0.932. The standard InChI is InChI=1S/C11H13BrN2O/c1-2-8(13)6-11-14-9-5-7(12)3-4-10(9)15-11/h3-5,8H,2,6,13H2,1H3. The molecule has 0 saturated carbocycles. The van der Waals surface area contributed by atoms with E-state index in [0.29, 0.717) is 6.42 Å². The van der Waals surface area contributed by atoms with Gasteiger partial charge in [-0.25, -0.2) is 4.98 Å². The van der Waals surface area contributed by atoms with Gasteiger partial charge in [0.15, 0.2) is 11.5 Å². The number of hydrogen-bond donors (Lipinski definition) is 1. The van der Waals surface area contributed by atoms with Crippen molar-refractivity contribution in [1.29, 1.82) is 0 Å². The van der Waals surface area contributed by atoms with Crippen LogP contribution in [0.4, 0.5) is 0 Å². The molecule has 1 heterocycles. The number of halogens is 1. The summed E-state index contributed by atoms with van der Waals surface area (Å²) < 4.78 is 6.59. The van der Waals surface area contributed by atoms with Gasteiger partial charge in [0, 0.05) is 16.9 Å². The molecule has 2 N–H and O–H groups in total. The van der Waals surface area contributed by atoms with Crippen molar-refractivity contribution < 1.29 is 4.42 Å². The van der Waals surface area contributed by atoms with Crippen LogP contribution < -0.4 is 5.73 Å². The highest BCUT2D eigenvalue weighted by molar-refractivity contribution is 9.10. The van der Waals surface area contributed by atoms with Gasteiger partial charge in [-0.3, -0.25) is 0 Å². The Balaban J connectivity index is 2.30. The van der Waals surface area contributed by atoms with E-state index >= 15 is 0 Å². The fraction of sp³-hybridized carbons (Fsp3) is 0.364. The molecule has 1 unspecified atom stereocenters. The van der Waals surface area contributed by atoms with Crippen LogP contribution in [0.1, 0.15) is 19.2 Å². The van der Waals surface area contributed by atoms with Gasteiger partial charge in [-0.05, 0) is 24.6 Å². The average molecular weight is 269 g/mol. The third-order valence-corrected chi connectivity index (χ3v) is 2.85. The Bertz CT molecular complexity index is 467. The lowest BCUT2D eigenvalue weighted by Gasteiger charge is -2.03. The van der Waals surface area contributed by atoms with Crippen molar-refractivity contribution in [2.24, 2.45) is 5.73 Å². The maximum atomic E-state index is 5.85. The van der Waals surface area contributed by atoms with E-state index in [-0.39, 0.29) is 6.04 Å². The molecule has 0 fully saturated rings. The number of oxazole rings is 1. The molecule has 2 aromatic rings. The lowest BCUT2D eigenvalue weighted by Crippen LogP contribution is -2.21. The maximum absolute atomic E-state index is 5.85. The molecule has 1 aromatic carbocycles. The third kappa shape index (κ3) is 2.38. The summed E-state index contributed by atoms with van der Waals surface area (Å²) >= 11 is 3.40. The normalized spacial score (nSPS) is 13.3. The van der Waals surface area contributed by atoms with Crippen LogP contribution in [0.3, 0.4) is 0 Å². The molecule has 2 rings (SSSR count). The fourth-order valence-corrected chi connectivity index (χ4v) is 1.75. The second kappa shape index (κ2) is 4.33. The van der Waals surface area contributed by atoms with Crippen LogP contribution in [-0.2, 0) is 6.42 Å². The Morgan fingerprint density at radius 2 is 2.33 bits per heavy atom. The second-order valence-corrected chi connectivity index (χ2v) is 4.51. The zero-order valence-electron chi connectivity index (χ0n) is 8.53. The highest BCUT2D eigenvalue weighted by Crippen LogP contribution is 2.20. The number of rotatable bonds is 3. The summed E-state index contributed by atoms with van der Waals surface area (Å²) in [6.45, 7) is 2.06. The van der Waals surface area contributed by atoms with Gasteiger partial charge >= 0.3 is 0 Å². The van der Waals surface area contributed by atoms with Crippen LogP contribution in [0.5, 0.6) is 0 Å². The molecular weight excluding hydrogens is 256 g/mol. The minimum atomic E-state index is 0.126. The highest BCUT2D eigenvalue weighted by atomic mass is 79.9. The molecule has 0 aliphatic carbocycles. The molecule has 0 amide bonds. The van der Waals surface area contributed by atoms with Crippen molar-refractivity contribution in [3.63, 3.8) is 0 Å². The number of hydrogen-bond acceptors (Lipinski definition) is 3. The van der Waals surface area contributed by atoms with Crippen LogP contribution in [0, 0.1) is 0 Å². The summed E-state index contributed by atoms with van der Waals surface area (Å²) in [7, 11) is 0. The predicted octanol–water partition coefficient (Wildman–Crippen LogP) is 2.87. The minimum absolute atomic E-state index is 0.126. The van der Waals surface area contributed by atoms with Gasteiger partial charge in [-0.1, -0.05) is 22.9 Å². The zero-order valence-corrected chi connectivity index (χ0v) is 10.1. The Labute approximate surface area is 96.8 Å². The van der Waals surface area contributed by atoms with Crippen LogP contribution in [-0.4, -0.2) is 11.0 Å². The highest BCUT2D eigenvalue weighted by Gasteiger charge is 2.09. The molecule has 1 atom stereocenters. The van der Waals surface area contributed by atoms with Gasteiger partial charge in [0.1, 0.15) is 5.52 Å². The zero-order chi connectivity index (χ0) is 10.8. The monoisotopic (exact) mass is 268 g/mol. The molecule has 3 nitrogen and oxygen atoms in total. The Hall–Kier alpha value is -0.870. The van der Waals surface area contributed by atoms with Crippen LogP contribution in [0.2, 0.25) is 0 Å². The van der Waals surface area contributed by atoms with E-state index in [2.05, 4.69) is 27.8 Å². The SMILES string of the molecule is CCC(N)Cc1nc2cc(Br)ccc2o1. The molecule has 0 saturated heterocycles. The molecular formula is C11H13BrN2O. The molecule has 0 aliphatic heterocycles. The number of benzene rings is 1. The minimum Gasteiger partial charge on any atom is -0.441 e. The topological polar surface area (TPSA) is 52.0 Å². The lowest BCUT2D eigenvalue weighted by atomic mass is 10.2. The van der Waals surface area contributed by atoms with Gasteiger partial charge < -0.3 is 10.2 Å². The first-order valence-corrected chi connectivity index (χ1v) is 5.79. The van der Waals surface area contributed by atoms with Crippen LogP contribution in [0.15, 0.2) is 27.1 Å². The summed E-state index contributed by atoms with van der Waals surface area (Å²) in [5.74, 6) is 0.720. The van der Waals surface area contributed by atoms with Gasteiger partial charge in [-0.15, -0.1) is 0 Å². The molecule has 0 aliphatic rings. The van der Waals surface area contributed by atoms with Gasteiger partial charge in [0.2, 0.25) is 0 Å². The van der Waals surface area contributed by atoms with Crippen molar-refractivity contribution in [1.82, 2.24) is 4.98 Å². The van der Waals surface area contributed by atoms with E-state index < -0.39 is 0 Å². The maximum Gasteiger partial charge on any atom is 0.197 e. The smallest absolute Gasteiger partial charge is 0.197 e. The number of nitrogens with zero attached hydrogens (tertiary/aromatic N) is 1. The fourth-order valence-electron chi connectivity index (χ4n) is 1.40. The Kier molecular flexibility index (Phi) is 3.07. The number of fused-ring (bicyclic) bond motifs is 1. The first kappa shape index (κ1) is 10.6. The molecule has 0 bridgehead atoms. The van der Waals surface area contributed by atoms with Crippen LogP contribution in [0.25, 0.3) is 11.1 Å². The van der Waals surface area contributed by atoms with Gasteiger partial charge in [-0.2, -0.15) is 0 Å². The molecule has 80 valence electrons. The largest absolute Gasteiger partial charge is 0.441 e. The van der Waals surface area contributed by atoms with Crippen LogP contribution >= 0.6 is 15.9 Å². The van der Waals surface area contributed by atoms with Crippen molar-refractivity contribution in [3.8, 4) is 0 Å². The average Bonchev–Trinajstić information content (AvgIpc) is 2.59. The van der Waals surface area contributed by atoms with Gasteiger partial charge in [0.05, 0.1) is 0 Å². The van der Waals surface area contributed by atoms with Crippen molar-refractivity contribution in [2.45, 2.75) is 25.8 Å². The number of aromatic nitrogens is 1. The number of nitrogens with two attached hydrogens (primary N) is 1. The second-order valence-electron chi connectivity index (χ2n) is 3.59. The van der Waals surface area contributed by atoms with Crippen molar-refractivity contribution in [2.75, 3.05) is 0 Å². The summed E-state index contributed by atoms with van der Waals surface area (Å²) in [4.78, 5) is 4.38. The summed E-state index contributed by atoms with van der Waals surface area (Å²) in [6.07, 6.45) is 1.63. The molecule has 4 heteroatoms. The van der Waals surface area contributed by atoms with E-state index in [9.17, 15) is 0 Å². The van der Waals surface area contributed by atoms with E-state index in [4.69, 9.17) is 10.2 Å². The first-order chi connectivity index (χ1) is 7.19. The Morgan fingerprint density at radius 3 is 3.07 bits per heavy atom. The molecule has 0 radical (unpaired) electrons. The third-order valence-electron chi connectivity index (χ3n) is 2.36. The predicted molar refractivity (Wildman–Crippen MR) is 63.7 cm³/mol. The van der Waals surface area contributed by atoms with Crippen molar-refractivity contribution >= 4 is 27.0 Å².